The van der Waals surface area contributed by atoms with E-state index < -0.39 is 5.56 Å². The van der Waals surface area contributed by atoms with Gasteiger partial charge in [-0.3, -0.25) is 9.59 Å². The molecule has 5 aromatic rings. The Kier molecular flexibility index (Phi) is 5.38. The number of anilines is 1. The molecule has 0 bridgehead atoms. The van der Waals surface area contributed by atoms with Gasteiger partial charge in [-0.15, -0.1) is 0 Å². The summed E-state index contributed by atoms with van der Waals surface area (Å²) in [5, 5.41) is 13.7. The Balaban J connectivity index is 1.44. The molecular formula is C21H14Cl2N6O2S. The van der Waals surface area contributed by atoms with E-state index in [-0.39, 0.29) is 16.6 Å². The van der Waals surface area contributed by atoms with Crippen molar-refractivity contribution >= 4 is 62.9 Å². The molecule has 2 aromatic carbocycles. The van der Waals surface area contributed by atoms with E-state index in [0.29, 0.717) is 40.1 Å². The molecule has 8 nitrogen and oxygen atoms in total. The van der Waals surface area contributed by atoms with Crippen molar-refractivity contribution in [3.63, 3.8) is 0 Å². The number of amides is 1. The summed E-state index contributed by atoms with van der Waals surface area (Å²) in [6.07, 6.45) is 3.98. The number of benzene rings is 2. The molecule has 0 saturated heterocycles. The minimum absolute atomic E-state index is 0.268. The van der Waals surface area contributed by atoms with Gasteiger partial charge in [0.1, 0.15) is 0 Å². The van der Waals surface area contributed by atoms with E-state index >= 15 is 0 Å². The van der Waals surface area contributed by atoms with Gasteiger partial charge in [0.2, 0.25) is 0 Å². The predicted octanol–water partition coefficient (Wildman–Crippen LogP) is 4.30. The van der Waals surface area contributed by atoms with Crippen LogP contribution < -0.4 is 10.9 Å². The molecule has 5 rings (SSSR count). The van der Waals surface area contributed by atoms with E-state index in [1.807, 2.05) is 18.2 Å². The Morgan fingerprint density at radius 1 is 1.09 bits per heavy atom. The average Bonchev–Trinajstić information content (AvgIpc) is 3.44. The summed E-state index contributed by atoms with van der Waals surface area (Å²) in [6, 6.07) is 10.6. The molecule has 32 heavy (non-hydrogen) atoms. The van der Waals surface area contributed by atoms with Crippen molar-refractivity contribution in [3.8, 4) is 0 Å². The van der Waals surface area contributed by atoms with Crippen molar-refractivity contribution in [2.75, 3.05) is 5.32 Å². The van der Waals surface area contributed by atoms with Crippen LogP contribution in [0.5, 0.6) is 0 Å². The van der Waals surface area contributed by atoms with Crippen LogP contribution >= 0.6 is 34.7 Å². The highest BCUT2D eigenvalue weighted by Gasteiger charge is 2.18. The second kappa shape index (κ2) is 8.34. The molecule has 1 N–H and O–H groups in total. The number of aryl methyl sites for hydroxylation is 2. The molecule has 3 heterocycles. The van der Waals surface area contributed by atoms with Gasteiger partial charge < -0.3 is 5.32 Å². The third-order valence-corrected chi connectivity index (χ3v) is 6.54. The van der Waals surface area contributed by atoms with E-state index in [2.05, 4.69) is 20.5 Å². The van der Waals surface area contributed by atoms with Gasteiger partial charge >= 0.3 is 0 Å². The van der Waals surface area contributed by atoms with Crippen LogP contribution in [0.1, 0.15) is 15.9 Å². The standard InChI is InChI=1S/C21H14Cl2N6O2S/c22-16-9-14-18(10-17(16)23)29-19(27-20(14)30)15(11-32-29)21(31)26-13-3-1-2-12(8-13)4-7-28-24-5-6-25-28/h1-3,5-6,8-11H,4,7H2,(H,26,31). The summed E-state index contributed by atoms with van der Waals surface area (Å²) in [7, 11) is 0. The highest BCUT2D eigenvalue weighted by Crippen LogP contribution is 2.28. The maximum Gasteiger partial charge on any atom is 0.281 e. The first kappa shape index (κ1) is 20.6. The zero-order valence-corrected chi connectivity index (χ0v) is 18.7. The molecule has 0 fully saturated rings. The number of nitrogens with one attached hydrogen (secondary N) is 1. The number of carbonyl (C=O) groups is 1. The molecule has 1 amide bonds. The number of aromatic nitrogens is 5. The first-order valence-electron chi connectivity index (χ1n) is 9.53. The molecule has 11 heteroatoms. The van der Waals surface area contributed by atoms with Gasteiger partial charge in [-0.1, -0.05) is 46.9 Å². The summed E-state index contributed by atoms with van der Waals surface area (Å²) in [5.74, 6) is -0.360. The Hall–Kier alpha value is -3.27. The third kappa shape index (κ3) is 3.86. The quantitative estimate of drug-likeness (QED) is 0.401. The zero-order chi connectivity index (χ0) is 22.2. The number of fused-ring (bicyclic) bond motifs is 3. The van der Waals surface area contributed by atoms with Gasteiger partial charge in [0, 0.05) is 11.1 Å². The summed E-state index contributed by atoms with van der Waals surface area (Å²) in [5.41, 5.74) is 2.31. The fraction of sp³-hybridized carbons (Fsp3) is 0.0952. The smallest absolute Gasteiger partial charge is 0.281 e. The SMILES string of the molecule is O=C(Nc1cccc(CCn2nccn2)c1)c1csn2c1nc(=O)c1cc(Cl)c(Cl)cc12. The van der Waals surface area contributed by atoms with Crippen LogP contribution in [0.15, 0.2) is 59.0 Å². The van der Waals surface area contributed by atoms with E-state index in [0.717, 1.165) is 5.56 Å². The van der Waals surface area contributed by atoms with Crippen molar-refractivity contribution in [1.29, 1.82) is 0 Å². The lowest BCUT2D eigenvalue weighted by molar-refractivity contribution is 0.102. The minimum atomic E-state index is -0.472. The molecule has 0 aliphatic heterocycles. The van der Waals surface area contributed by atoms with Crippen molar-refractivity contribution in [3.05, 3.63) is 85.7 Å². The molecule has 0 saturated carbocycles. The molecule has 0 atom stereocenters. The molecule has 0 radical (unpaired) electrons. The fourth-order valence-corrected chi connectivity index (χ4v) is 4.62. The number of nitrogens with zero attached hydrogens (tertiary/aromatic N) is 5. The first-order chi connectivity index (χ1) is 15.5. The third-order valence-electron chi connectivity index (χ3n) is 4.90. The van der Waals surface area contributed by atoms with Crippen molar-refractivity contribution in [2.24, 2.45) is 0 Å². The molecule has 0 aliphatic rings. The Morgan fingerprint density at radius 2 is 1.88 bits per heavy atom. The Bertz CT molecular complexity index is 1530. The number of halogens is 2. The highest BCUT2D eigenvalue weighted by molar-refractivity contribution is 7.05. The van der Waals surface area contributed by atoms with Crippen LogP contribution in [0.2, 0.25) is 10.0 Å². The Morgan fingerprint density at radius 3 is 2.69 bits per heavy atom. The fourth-order valence-electron chi connectivity index (χ4n) is 3.37. The first-order valence-corrected chi connectivity index (χ1v) is 11.1. The van der Waals surface area contributed by atoms with Gasteiger partial charge in [0.15, 0.2) is 5.65 Å². The molecule has 0 aliphatic carbocycles. The van der Waals surface area contributed by atoms with Gasteiger partial charge in [-0.05, 0) is 36.2 Å². The van der Waals surface area contributed by atoms with E-state index in [9.17, 15) is 9.59 Å². The topological polar surface area (TPSA) is 94.2 Å². The van der Waals surface area contributed by atoms with Crippen LogP contribution in [0, 0.1) is 0 Å². The van der Waals surface area contributed by atoms with Gasteiger partial charge in [0.25, 0.3) is 11.5 Å². The lowest BCUT2D eigenvalue weighted by atomic mass is 10.1. The highest BCUT2D eigenvalue weighted by atomic mass is 35.5. The lowest BCUT2D eigenvalue weighted by Gasteiger charge is -2.07. The van der Waals surface area contributed by atoms with Crippen molar-refractivity contribution < 1.29 is 4.79 Å². The molecule has 0 unspecified atom stereocenters. The van der Waals surface area contributed by atoms with Crippen LogP contribution in [0.25, 0.3) is 16.6 Å². The summed E-state index contributed by atoms with van der Waals surface area (Å²) < 4.78 is 1.70. The summed E-state index contributed by atoms with van der Waals surface area (Å²) >= 11 is 13.4. The number of hydrogen-bond donors (Lipinski definition) is 1. The Labute approximate surface area is 195 Å². The molecular weight excluding hydrogens is 471 g/mol. The average molecular weight is 485 g/mol. The van der Waals surface area contributed by atoms with E-state index in [4.69, 9.17) is 23.2 Å². The van der Waals surface area contributed by atoms with E-state index in [1.165, 1.54) is 17.6 Å². The monoisotopic (exact) mass is 484 g/mol. The van der Waals surface area contributed by atoms with Crippen molar-refractivity contribution in [2.45, 2.75) is 13.0 Å². The van der Waals surface area contributed by atoms with Crippen LogP contribution in [-0.2, 0) is 13.0 Å². The number of rotatable bonds is 5. The van der Waals surface area contributed by atoms with Crippen LogP contribution in [0.4, 0.5) is 5.69 Å². The maximum absolute atomic E-state index is 13.0. The van der Waals surface area contributed by atoms with Gasteiger partial charge in [0.05, 0.1) is 45.5 Å². The normalized spacial score (nSPS) is 11.3. The van der Waals surface area contributed by atoms with Crippen LogP contribution in [-0.4, -0.2) is 29.7 Å². The van der Waals surface area contributed by atoms with Crippen molar-refractivity contribution in [1.82, 2.24) is 23.8 Å². The molecule has 160 valence electrons. The number of carbonyl (C=O) groups excluding carboxylic acids is 1. The summed E-state index contributed by atoms with van der Waals surface area (Å²) in [6.45, 7) is 0.631. The van der Waals surface area contributed by atoms with E-state index in [1.54, 1.807) is 38.5 Å². The molecule has 3 aromatic heterocycles. The summed E-state index contributed by atoms with van der Waals surface area (Å²) in [4.78, 5) is 31.2. The van der Waals surface area contributed by atoms with Gasteiger partial charge in [-0.25, -0.2) is 3.79 Å². The maximum atomic E-state index is 13.0. The van der Waals surface area contributed by atoms with Crippen LogP contribution in [0.3, 0.4) is 0 Å². The lowest BCUT2D eigenvalue weighted by Crippen LogP contribution is -2.15. The molecule has 0 spiro atoms. The predicted molar refractivity (Wildman–Crippen MR) is 125 cm³/mol. The van der Waals surface area contributed by atoms with Gasteiger partial charge in [-0.2, -0.15) is 20.0 Å². The zero-order valence-electron chi connectivity index (χ0n) is 16.3. The number of hydrogen-bond acceptors (Lipinski definition) is 6. The second-order valence-corrected chi connectivity index (χ2v) is 8.61. The minimum Gasteiger partial charge on any atom is -0.322 e. The second-order valence-electron chi connectivity index (χ2n) is 6.98. The largest absolute Gasteiger partial charge is 0.322 e.